The summed E-state index contributed by atoms with van der Waals surface area (Å²) in [7, 11) is 1.64. The zero-order valence-electron chi connectivity index (χ0n) is 13.7. The standard InChI is InChI=1S/C18H18BrNO4/c1-11-17(23-13-6-7-20-16(21)9-13)14-8-12(19)4-5-15(14)24-18(11,2)10-22-3/h4-9H,10H2,1-3H3,(H,20,21). The number of hydrogen-bond donors (Lipinski definition) is 1. The van der Waals surface area contributed by atoms with Gasteiger partial charge in [-0.1, -0.05) is 15.9 Å². The summed E-state index contributed by atoms with van der Waals surface area (Å²) in [4.78, 5) is 14.1. The van der Waals surface area contributed by atoms with Crippen LogP contribution >= 0.6 is 15.9 Å². The van der Waals surface area contributed by atoms with Crippen LogP contribution in [0.1, 0.15) is 19.4 Å². The van der Waals surface area contributed by atoms with Gasteiger partial charge in [0.25, 0.3) is 5.56 Å². The predicted molar refractivity (Wildman–Crippen MR) is 95.3 cm³/mol. The van der Waals surface area contributed by atoms with Gasteiger partial charge in [0.2, 0.25) is 0 Å². The Hall–Kier alpha value is -2.05. The highest BCUT2D eigenvalue weighted by Crippen LogP contribution is 2.42. The largest absolute Gasteiger partial charge is 0.480 e. The van der Waals surface area contributed by atoms with Gasteiger partial charge in [-0.3, -0.25) is 4.79 Å². The quantitative estimate of drug-likeness (QED) is 0.861. The average molecular weight is 392 g/mol. The average Bonchev–Trinajstić information content (AvgIpc) is 2.53. The van der Waals surface area contributed by atoms with E-state index in [9.17, 15) is 4.79 Å². The summed E-state index contributed by atoms with van der Waals surface area (Å²) in [6.07, 6.45) is 1.56. The van der Waals surface area contributed by atoms with Crippen molar-refractivity contribution in [2.45, 2.75) is 19.4 Å². The summed E-state index contributed by atoms with van der Waals surface area (Å²) in [6.45, 7) is 4.29. The molecule has 24 heavy (non-hydrogen) atoms. The Labute approximate surface area is 148 Å². The molecule has 1 atom stereocenters. The molecule has 0 saturated heterocycles. The monoisotopic (exact) mass is 391 g/mol. The van der Waals surface area contributed by atoms with Crippen LogP contribution in [0.15, 0.2) is 51.4 Å². The molecule has 2 heterocycles. The normalized spacial score (nSPS) is 19.7. The van der Waals surface area contributed by atoms with E-state index in [0.29, 0.717) is 23.9 Å². The van der Waals surface area contributed by atoms with Crippen molar-refractivity contribution in [1.82, 2.24) is 4.98 Å². The zero-order chi connectivity index (χ0) is 17.3. The Balaban J connectivity index is 2.13. The van der Waals surface area contributed by atoms with Crippen molar-refractivity contribution in [3.63, 3.8) is 0 Å². The van der Waals surface area contributed by atoms with Gasteiger partial charge in [-0.05, 0) is 38.1 Å². The molecule has 3 rings (SSSR count). The molecule has 1 aliphatic rings. The van der Waals surface area contributed by atoms with E-state index in [4.69, 9.17) is 14.2 Å². The van der Waals surface area contributed by atoms with E-state index in [1.165, 1.54) is 6.07 Å². The van der Waals surface area contributed by atoms with Crippen LogP contribution in [0.3, 0.4) is 0 Å². The van der Waals surface area contributed by atoms with Crippen molar-refractivity contribution >= 4 is 21.7 Å². The van der Waals surface area contributed by atoms with Crippen LogP contribution in [0.5, 0.6) is 11.5 Å². The van der Waals surface area contributed by atoms with Crippen LogP contribution in [0.2, 0.25) is 0 Å². The molecule has 126 valence electrons. The van der Waals surface area contributed by atoms with Crippen molar-refractivity contribution in [2.75, 3.05) is 13.7 Å². The molecule has 2 aromatic rings. The van der Waals surface area contributed by atoms with Crippen LogP contribution in [0.25, 0.3) is 5.76 Å². The zero-order valence-corrected chi connectivity index (χ0v) is 15.3. The van der Waals surface area contributed by atoms with Gasteiger partial charge in [0.05, 0.1) is 12.2 Å². The highest BCUT2D eigenvalue weighted by molar-refractivity contribution is 9.10. The molecule has 1 aromatic heterocycles. The summed E-state index contributed by atoms with van der Waals surface area (Å²) >= 11 is 3.48. The molecule has 1 N–H and O–H groups in total. The molecule has 1 unspecified atom stereocenters. The van der Waals surface area contributed by atoms with Gasteiger partial charge in [-0.2, -0.15) is 0 Å². The first kappa shape index (κ1) is 16.8. The molecule has 0 radical (unpaired) electrons. The third-order valence-corrected chi connectivity index (χ3v) is 4.53. The molecule has 0 aliphatic carbocycles. The van der Waals surface area contributed by atoms with Crippen LogP contribution in [0, 0.1) is 0 Å². The third-order valence-electron chi connectivity index (χ3n) is 4.04. The maximum absolute atomic E-state index is 11.5. The van der Waals surface area contributed by atoms with Crippen molar-refractivity contribution in [2.24, 2.45) is 0 Å². The lowest BCUT2D eigenvalue weighted by Gasteiger charge is -2.37. The smallest absolute Gasteiger partial charge is 0.251 e. The predicted octanol–water partition coefficient (Wildman–Crippen LogP) is 3.74. The number of H-pyrrole nitrogens is 1. The topological polar surface area (TPSA) is 60.6 Å². The SMILES string of the molecule is COCC1(C)Oc2ccc(Br)cc2C(Oc2cc[nH]c(=O)c2)=C1C. The summed E-state index contributed by atoms with van der Waals surface area (Å²) in [5.41, 5.74) is 0.865. The first-order valence-electron chi connectivity index (χ1n) is 7.49. The molecule has 1 aliphatic heterocycles. The number of nitrogens with one attached hydrogen (secondary N) is 1. The van der Waals surface area contributed by atoms with E-state index in [1.807, 2.05) is 32.0 Å². The van der Waals surface area contributed by atoms with E-state index < -0.39 is 5.60 Å². The van der Waals surface area contributed by atoms with Gasteiger partial charge >= 0.3 is 0 Å². The van der Waals surface area contributed by atoms with Crippen LogP contribution in [0.4, 0.5) is 0 Å². The number of aromatic nitrogens is 1. The second-order valence-corrected chi connectivity index (χ2v) is 6.77. The summed E-state index contributed by atoms with van der Waals surface area (Å²) < 4.78 is 18.5. The van der Waals surface area contributed by atoms with E-state index in [1.54, 1.807) is 19.4 Å². The van der Waals surface area contributed by atoms with Crippen LogP contribution in [-0.2, 0) is 4.74 Å². The maximum atomic E-state index is 11.5. The Morgan fingerprint density at radius 3 is 2.79 bits per heavy atom. The van der Waals surface area contributed by atoms with Crippen LogP contribution in [-0.4, -0.2) is 24.3 Å². The molecule has 6 heteroatoms. The molecule has 0 bridgehead atoms. The lowest BCUT2D eigenvalue weighted by molar-refractivity contribution is 0.0270. The highest BCUT2D eigenvalue weighted by atomic mass is 79.9. The number of rotatable bonds is 4. The number of hydrogen-bond acceptors (Lipinski definition) is 4. The van der Waals surface area contributed by atoms with E-state index in [2.05, 4.69) is 20.9 Å². The van der Waals surface area contributed by atoms with E-state index in [-0.39, 0.29) is 5.56 Å². The second kappa shape index (κ2) is 6.45. The van der Waals surface area contributed by atoms with Crippen molar-refractivity contribution in [3.05, 3.63) is 62.5 Å². The van der Waals surface area contributed by atoms with Gasteiger partial charge in [0.1, 0.15) is 17.3 Å². The Kier molecular flexibility index (Phi) is 4.51. The number of benzene rings is 1. The molecular formula is C18H18BrNO4. The first-order valence-corrected chi connectivity index (χ1v) is 8.28. The van der Waals surface area contributed by atoms with Crippen molar-refractivity contribution in [1.29, 1.82) is 0 Å². The number of methoxy groups -OCH3 is 1. The Morgan fingerprint density at radius 2 is 2.08 bits per heavy atom. The van der Waals surface area contributed by atoms with Crippen LogP contribution < -0.4 is 15.0 Å². The van der Waals surface area contributed by atoms with Gasteiger partial charge < -0.3 is 19.2 Å². The lowest BCUT2D eigenvalue weighted by Crippen LogP contribution is -2.42. The maximum Gasteiger partial charge on any atom is 0.251 e. The molecule has 0 amide bonds. The number of halogens is 1. The highest BCUT2D eigenvalue weighted by Gasteiger charge is 2.38. The van der Waals surface area contributed by atoms with Gasteiger partial charge in [-0.15, -0.1) is 0 Å². The summed E-state index contributed by atoms with van der Waals surface area (Å²) in [5, 5.41) is 0. The fraction of sp³-hybridized carbons (Fsp3) is 0.278. The Bertz CT molecular complexity index is 858. The van der Waals surface area contributed by atoms with E-state index >= 15 is 0 Å². The van der Waals surface area contributed by atoms with Crippen molar-refractivity contribution < 1.29 is 14.2 Å². The second-order valence-electron chi connectivity index (χ2n) is 5.85. The Morgan fingerprint density at radius 1 is 1.29 bits per heavy atom. The number of fused-ring (bicyclic) bond motifs is 1. The fourth-order valence-corrected chi connectivity index (χ4v) is 3.04. The lowest BCUT2D eigenvalue weighted by atomic mass is 9.91. The minimum atomic E-state index is -0.647. The van der Waals surface area contributed by atoms with E-state index in [0.717, 1.165) is 15.6 Å². The summed E-state index contributed by atoms with van der Waals surface area (Å²) in [6, 6.07) is 8.87. The molecular weight excluding hydrogens is 374 g/mol. The molecule has 0 saturated carbocycles. The minimum Gasteiger partial charge on any atom is -0.480 e. The van der Waals surface area contributed by atoms with Crippen molar-refractivity contribution in [3.8, 4) is 11.5 Å². The molecule has 0 spiro atoms. The summed E-state index contributed by atoms with van der Waals surface area (Å²) in [5.74, 6) is 1.85. The number of pyridine rings is 1. The molecule has 1 aromatic carbocycles. The third kappa shape index (κ3) is 3.12. The fourth-order valence-electron chi connectivity index (χ4n) is 2.68. The number of aromatic amines is 1. The minimum absolute atomic E-state index is 0.216. The molecule has 0 fully saturated rings. The van der Waals surface area contributed by atoms with Gasteiger partial charge in [0, 0.05) is 29.4 Å². The number of ether oxygens (including phenoxy) is 3. The molecule has 5 nitrogen and oxygen atoms in total. The van der Waals surface area contributed by atoms with Gasteiger partial charge in [-0.25, -0.2) is 0 Å². The van der Waals surface area contributed by atoms with Gasteiger partial charge in [0.15, 0.2) is 5.60 Å². The first-order chi connectivity index (χ1) is 11.4.